The van der Waals surface area contributed by atoms with Gasteiger partial charge in [0.05, 0.1) is 13.3 Å². The van der Waals surface area contributed by atoms with Crippen LogP contribution in [0.5, 0.6) is 5.75 Å². The Balaban J connectivity index is 2.25. The minimum atomic E-state index is -0.444. The first-order valence-corrected chi connectivity index (χ1v) is 6.27. The molecule has 0 saturated carbocycles. The monoisotopic (exact) mass is 285 g/mol. The second kappa shape index (κ2) is 4.97. The fourth-order valence-corrected chi connectivity index (χ4v) is 2.16. The SMILES string of the molecule is COc1cnc(C(C)=O)cc1-c1cc(F)c2nccn2c1. The predicted octanol–water partition coefficient (Wildman–Crippen LogP) is 2.75. The lowest BCUT2D eigenvalue weighted by Crippen LogP contribution is -2.00. The number of methoxy groups -OCH3 is 1. The van der Waals surface area contributed by atoms with Gasteiger partial charge >= 0.3 is 0 Å². The van der Waals surface area contributed by atoms with Gasteiger partial charge in [0.1, 0.15) is 11.4 Å². The molecule has 5 nitrogen and oxygen atoms in total. The number of carbonyl (C=O) groups is 1. The van der Waals surface area contributed by atoms with Crippen LogP contribution in [0.15, 0.2) is 36.9 Å². The molecule has 0 aliphatic heterocycles. The van der Waals surface area contributed by atoms with Gasteiger partial charge < -0.3 is 9.14 Å². The Kier molecular flexibility index (Phi) is 3.13. The Labute approximate surface area is 120 Å². The fourth-order valence-electron chi connectivity index (χ4n) is 2.16. The van der Waals surface area contributed by atoms with E-state index in [0.29, 0.717) is 22.6 Å². The number of carbonyl (C=O) groups excluding carboxylic acids is 1. The predicted molar refractivity (Wildman–Crippen MR) is 74.9 cm³/mol. The molecule has 0 aliphatic rings. The van der Waals surface area contributed by atoms with Crippen molar-refractivity contribution in [2.45, 2.75) is 6.92 Å². The van der Waals surface area contributed by atoms with Gasteiger partial charge in [0.15, 0.2) is 17.2 Å². The van der Waals surface area contributed by atoms with E-state index >= 15 is 0 Å². The van der Waals surface area contributed by atoms with Gasteiger partial charge in [0.2, 0.25) is 0 Å². The molecule has 106 valence electrons. The van der Waals surface area contributed by atoms with Crippen LogP contribution in [0.1, 0.15) is 17.4 Å². The number of rotatable bonds is 3. The summed E-state index contributed by atoms with van der Waals surface area (Å²) in [4.78, 5) is 19.4. The zero-order chi connectivity index (χ0) is 15.0. The van der Waals surface area contributed by atoms with E-state index in [9.17, 15) is 9.18 Å². The van der Waals surface area contributed by atoms with Crippen LogP contribution >= 0.6 is 0 Å². The summed E-state index contributed by atoms with van der Waals surface area (Å²) in [7, 11) is 1.50. The van der Waals surface area contributed by atoms with Crippen molar-refractivity contribution in [3.8, 4) is 16.9 Å². The van der Waals surface area contributed by atoms with Gasteiger partial charge in [-0.1, -0.05) is 0 Å². The first-order valence-electron chi connectivity index (χ1n) is 6.27. The number of ketones is 1. The van der Waals surface area contributed by atoms with Crippen LogP contribution in [-0.2, 0) is 0 Å². The highest BCUT2D eigenvalue weighted by Gasteiger charge is 2.13. The Morgan fingerprint density at radius 1 is 1.33 bits per heavy atom. The van der Waals surface area contributed by atoms with Gasteiger partial charge in [-0.05, 0) is 12.1 Å². The molecule has 21 heavy (non-hydrogen) atoms. The van der Waals surface area contributed by atoms with E-state index in [1.807, 2.05) is 0 Å². The molecule has 0 bridgehead atoms. The summed E-state index contributed by atoms with van der Waals surface area (Å²) in [6.07, 6.45) is 6.36. The number of ether oxygens (including phenoxy) is 1. The van der Waals surface area contributed by atoms with Crippen molar-refractivity contribution in [1.29, 1.82) is 0 Å². The molecule has 0 N–H and O–H groups in total. The lowest BCUT2D eigenvalue weighted by molar-refractivity contribution is 0.101. The minimum absolute atomic E-state index is 0.164. The summed E-state index contributed by atoms with van der Waals surface area (Å²) in [6, 6.07) is 2.96. The third-order valence-electron chi connectivity index (χ3n) is 3.20. The van der Waals surface area contributed by atoms with Crippen LogP contribution in [0, 0.1) is 5.82 Å². The van der Waals surface area contributed by atoms with E-state index in [0.717, 1.165) is 0 Å². The summed E-state index contributed by atoms with van der Waals surface area (Å²) in [6.45, 7) is 1.43. The van der Waals surface area contributed by atoms with Crippen LogP contribution in [0.3, 0.4) is 0 Å². The number of imidazole rings is 1. The minimum Gasteiger partial charge on any atom is -0.494 e. The first kappa shape index (κ1) is 13.2. The van der Waals surface area contributed by atoms with Gasteiger partial charge in [-0.25, -0.2) is 14.4 Å². The number of Topliss-reactive ketones (excluding diaryl/α,β-unsaturated/α-hetero) is 1. The second-order valence-electron chi connectivity index (χ2n) is 4.56. The molecule has 3 heterocycles. The van der Waals surface area contributed by atoms with Gasteiger partial charge in [0, 0.05) is 36.6 Å². The average Bonchev–Trinajstić information content (AvgIpc) is 2.95. The van der Waals surface area contributed by atoms with E-state index in [4.69, 9.17) is 4.74 Å². The molecule has 3 aromatic heterocycles. The topological polar surface area (TPSA) is 56.5 Å². The number of pyridine rings is 2. The van der Waals surface area contributed by atoms with E-state index in [-0.39, 0.29) is 11.4 Å². The Bertz CT molecular complexity index is 842. The van der Waals surface area contributed by atoms with Gasteiger partial charge in [-0.3, -0.25) is 4.79 Å². The van der Waals surface area contributed by atoms with Crippen molar-refractivity contribution in [2.75, 3.05) is 7.11 Å². The maximum absolute atomic E-state index is 14.1. The maximum Gasteiger partial charge on any atom is 0.178 e. The van der Waals surface area contributed by atoms with Crippen molar-refractivity contribution in [3.05, 3.63) is 48.4 Å². The maximum atomic E-state index is 14.1. The first-order chi connectivity index (χ1) is 10.1. The lowest BCUT2D eigenvalue weighted by Gasteiger charge is -2.10. The highest BCUT2D eigenvalue weighted by molar-refractivity contribution is 5.93. The summed E-state index contributed by atoms with van der Waals surface area (Å²) < 4.78 is 20.9. The van der Waals surface area contributed by atoms with Crippen molar-refractivity contribution in [1.82, 2.24) is 14.4 Å². The number of halogens is 1. The summed E-state index contributed by atoms with van der Waals surface area (Å²) >= 11 is 0. The molecular formula is C15H12FN3O2. The zero-order valence-corrected chi connectivity index (χ0v) is 11.5. The van der Waals surface area contributed by atoms with Crippen molar-refractivity contribution in [2.24, 2.45) is 0 Å². The number of hydrogen-bond acceptors (Lipinski definition) is 4. The summed E-state index contributed by atoms with van der Waals surface area (Å²) in [5.41, 5.74) is 1.74. The molecule has 3 rings (SSSR count). The number of fused-ring (bicyclic) bond motifs is 1. The zero-order valence-electron chi connectivity index (χ0n) is 11.5. The van der Waals surface area contributed by atoms with Crippen LogP contribution < -0.4 is 4.74 Å². The molecule has 3 aromatic rings. The van der Waals surface area contributed by atoms with Gasteiger partial charge in [0.25, 0.3) is 0 Å². The van der Waals surface area contributed by atoms with Crippen LogP contribution in [0.2, 0.25) is 0 Å². The molecule has 0 aliphatic carbocycles. The van der Waals surface area contributed by atoms with Gasteiger partial charge in [-0.15, -0.1) is 0 Å². The Morgan fingerprint density at radius 3 is 2.86 bits per heavy atom. The third kappa shape index (κ3) is 2.24. The molecular weight excluding hydrogens is 273 g/mol. The van der Waals surface area contributed by atoms with Crippen molar-refractivity contribution >= 4 is 11.4 Å². The van der Waals surface area contributed by atoms with E-state index in [2.05, 4.69) is 9.97 Å². The highest BCUT2D eigenvalue weighted by Crippen LogP contribution is 2.31. The van der Waals surface area contributed by atoms with Crippen molar-refractivity contribution in [3.63, 3.8) is 0 Å². The molecule has 6 heteroatoms. The van der Waals surface area contributed by atoms with E-state index in [1.54, 1.807) is 22.9 Å². The van der Waals surface area contributed by atoms with E-state index < -0.39 is 5.82 Å². The third-order valence-corrected chi connectivity index (χ3v) is 3.20. The van der Waals surface area contributed by atoms with Gasteiger partial charge in [-0.2, -0.15) is 0 Å². The molecule has 0 aromatic carbocycles. The number of aromatic nitrogens is 3. The molecule has 0 radical (unpaired) electrons. The molecule has 0 amide bonds. The van der Waals surface area contributed by atoms with Crippen LogP contribution in [-0.4, -0.2) is 27.3 Å². The Morgan fingerprint density at radius 2 is 2.14 bits per heavy atom. The highest BCUT2D eigenvalue weighted by atomic mass is 19.1. The second-order valence-corrected chi connectivity index (χ2v) is 4.56. The number of nitrogens with zero attached hydrogens (tertiary/aromatic N) is 3. The number of hydrogen-bond donors (Lipinski definition) is 0. The molecule has 0 unspecified atom stereocenters. The smallest absolute Gasteiger partial charge is 0.178 e. The summed E-state index contributed by atoms with van der Waals surface area (Å²) in [5, 5.41) is 0. The van der Waals surface area contributed by atoms with Crippen molar-refractivity contribution < 1.29 is 13.9 Å². The Hall–Kier alpha value is -2.76. The molecule has 0 atom stereocenters. The lowest BCUT2D eigenvalue weighted by atomic mass is 10.1. The summed E-state index contributed by atoms with van der Waals surface area (Å²) in [5.74, 6) is -0.136. The fraction of sp³-hybridized carbons (Fsp3) is 0.133. The van der Waals surface area contributed by atoms with E-state index in [1.165, 1.54) is 32.5 Å². The molecule has 0 saturated heterocycles. The van der Waals surface area contributed by atoms with Crippen LogP contribution in [0.4, 0.5) is 4.39 Å². The molecule has 0 spiro atoms. The normalized spacial score (nSPS) is 10.8. The average molecular weight is 285 g/mol. The standard InChI is InChI=1S/C15H12FN3O2/c1-9(20)13-6-11(14(21-2)7-18-13)10-5-12(16)15-17-3-4-19(15)8-10/h3-8H,1-2H3. The van der Waals surface area contributed by atoms with Crippen LogP contribution in [0.25, 0.3) is 16.8 Å². The largest absolute Gasteiger partial charge is 0.494 e. The quantitative estimate of drug-likeness (QED) is 0.694. The molecule has 0 fully saturated rings.